The number of fused-ring (bicyclic) bond motifs is 1. The number of hydrogen-bond donors (Lipinski definition) is 0. The molecule has 0 aliphatic carbocycles. The number of methoxy groups -OCH3 is 2. The fourth-order valence-corrected chi connectivity index (χ4v) is 3.47. The Bertz CT molecular complexity index is 995. The van der Waals surface area contributed by atoms with Crippen LogP contribution in [0.5, 0.6) is 11.5 Å². The van der Waals surface area contributed by atoms with Gasteiger partial charge < -0.3 is 23.7 Å². The van der Waals surface area contributed by atoms with E-state index in [-0.39, 0.29) is 11.8 Å². The van der Waals surface area contributed by atoms with Crippen molar-refractivity contribution in [3.05, 3.63) is 59.9 Å². The lowest BCUT2D eigenvalue weighted by molar-refractivity contribution is 0.0519. The molecule has 1 aliphatic heterocycles. The number of nitrogens with zero attached hydrogens (tertiary/aromatic N) is 2. The number of carbonyl (C=O) groups is 2. The zero-order chi connectivity index (χ0) is 20.4. The molecule has 2 aromatic carbocycles. The summed E-state index contributed by atoms with van der Waals surface area (Å²) in [5, 5.41) is 0.900. The van der Waals surface area contributed by atoms with Crippen LogP contribution in [0, 0.1) is 0 Å². The Morgan fingerprint density at radius 3 is 2.00 bits per heavy atom. The highest BCUT2D eigenvalue weighted by atomic mass is 16.5. The predicted molar refractivity (Wildman–Crippen MR) is 108 cm³/mol. The van der Waals surface area contributed by atoms with E-state index in [1.807, 2.05) is 24.3 Å². The summed E-state index contributed by atoms with van der Waals surface area (Å²) in [6, 6.07) is 14.4. The van der Waals surface area contributed by atoms with E-state index >= 15 is 0 Å². The first kappa shape index (κ1) is 18.9. The molecule has 1 aliphatic rings. The largest absolute Gasteiger partial charge is 0.497 e. The van der Waals surface area contributed by atoms with Gasteiger partial charge in [-0.15, -0.1) is 0 Å². The van der Waals surface area contributed by atoms with Crippen LogP contribution in [0.2, 0.25) is 0 Å². The van der Waals surface area contributed by atoms with E-state index in [4.69, 9.17) is 13.9 Å². The molecule has 3 aromatic rings. The lowest BCUT2D eigenvalue weighted by atomic mass is 10.1. The molecule has 0 bridgehead atoms. The smallest absolute Gasteiger partial charge is 0.289 e. The minimum atomic E-state index is -0.156. The lowest BCUT2D eigenvalue weighted by Gasteiger charge is -2.34. The van der Waals surface area contributed by atoms with Crippen LogP contribution in [0.25, 0.3) is 11.0 Å². The highest BCUT2D eigenvalue weighted by Crippen LogP contribution is 2.24. The second-order valence-corrected chi connectivity index (χ2v) is 6.83. The summed E-state index contributed by atoms with van der Waals surface area (Å²) in [5.41, 5.74) is 1.19. The van der Waals surface area contributed by atoms with Gasteiger partial charge in [0, 0.05) is 43.2 Å². The molecule has 0 radical (unpaired) electrons. The van der Waals surface area contributed by atoms with Crippen LogP contribution in [0.3, 0.4) is 0 Å². The monoisotopic (exact) mass is 394 g/mol. The first-order chi connectivity index (χ1) is 14.1. The van der Waals surface area contributed by atoms with Gasteiger partial charge in [-0.1, -0.05) is 18.2 Å². The topological polar surface area (TPSA) is 72.2 Å². The van der Waals surface area contributed by atoms with Crippen molar-refractivity contribution in [1.82, 2.24) is 9.80 Å². The van der Waals surface area contributed by atoms with Gasteiger partial charge in [0.05, 0.1) is 14.2 Å². The number of furan rings is 1. The average molecular weight is 394 g/mol. The SMILES string of the molecule is COc1cc(OC)cc(C(=O)N2CCN(C(=O)c3cc4ccccc4o3)CC2)c1. The third-order valence-electron chi connectivity index (χ3n) is 5.09. The third-order valence-corrected chi connectivity index (χ3v) is 5.09. The molecule has 2 heterocycles. The van der Waals surface area contributed by atoms with Crippen LogP contribution in [0.15, 0.2) is 52.9 Å². The molecule has 0 saturated carbocycles. The minimum Gasteiger partial charge on any atom is -0.497 e. The van der Waals surface area contributed by atoms with Crippen molar-refractivity contribution >= 4 is 22.8 Å². The highest BCUT2D eigenvalue weighted by molar-refractivity contribution is 5.97. The molecular formula is C22H22N2O5. The van der Waals surface area contributed by atoms with E-state index in [1.54, 1.807) is 48.3 Å². The molecule has 0 atom stereocenters. The van der Waals surface area contributed by atoms with Gasteiger partial charge in [-0.05, 0) is 24.3 Å². The van der Waals surface area contributed by atoms with Crippen LogP contribution < -0.4 is 9.47 Å². The Labute approximate surface area is 168 Å². The highest BCUT2D eigenvalue weighted by Gasteiger charge is 2.27. The van der Waals surface area contributed by atoms with Crippen LogP contribution in [-0.2, 0) is 0 Å². The van der Waals surface area contributed by atoms with Crippen molar-refractivity contribution in [2.24, 2.45) is 0 Å². The van der Waals surface area contributed by atoms with Crippen molar-refractivity contribution in [2.75, 3.05) is 40.4 Å². The Kier molecular flexibility index (Phi) is 5.12. The fourth-order valence-electron chi connectivity index (χ4n) is 3.47. The maximum absolute atomic E-state index is 12.9. The predicted octanol–water partition coefficient (Wildman–Crippen LogP) is 3.05. The number of ether oxygens (including phenoxy) is 2. The Morgan fingerprint density at radius 1 is 0.828 bits per heavy atom. The molecular weight excluding hydrogens is 372 g/mol. The number of piperazine rings is 1. The van der Waals surface area contributed by atoms with Gasteiger partial charge >= 0.3 is 0 Å². The lowest BCUT2D eigenvalue weighted by Crippen LogP contribution is -2.50. The molecule has 1 saturated heterocycles. The molecule has 7 nitrogen and oxygen atoms in total. The first-order valence-corrected chi connectivity index (χ1v) is 9.39. The summed E-state index contributed by atoms with van der Waals surface area (Å²) in [7, 11) is 3.09. The van der Waals surface area contributed by atoms with Crippen LogP contribution >= 0.6 is 0 Å². The molecule has 29 heavy (non-hydrogen) atoms. The summed E-state index contributed by atoms with van der Waals surface area (Å²) < 4.78 is 16.2. The maximum atomic E-state index is 12.9. The van der Waals surface area contributed by atoms with Gasteiger partial charge in [0.1, 0.15) is 17.1 Å². The van der Waals surface area contributed by atoms with E-state index in [9.17, 15) is 9.59 Å². The van der Waals surface area contributed by atoms with Crippen LogP contribution in [-0.4, -0.2) is 62.0 Å². The van der Waals surface area contributed by atoms with Gasteiger partial charge in [-0.25, -0.2) is 0 Å². The van der Waals surface area contributed by atoms with E-state index in [0.717, 1.165) is 5.39 Å². The van der Waals surface area contributed by atoms with Crippen molar-refractivity contribution in [2.45, 2.75) is 0 Å². The van der Waals surface area contributed by atoms with Crippen molar-refractivity contribution in [3.8, 4) is 11.5 Å². The third kappa shape index (κ3) is 3.76. The van der Waals surface area contributed by atoms with Crippen molar-refractivity contribution < 1.29 is 23.5 Å². The van der Waals surface area contributed by atoms with Gasteiger partial charge in [0.25, 0.3) is 11.8 Å². The zero-order valence-electron chi connectivity index (χ0n) is 16.4. The van der Waals surface area contributed by atoms with Gasteiger partial charge in [0.15, 0.2) is 5.76 Å². The van der Waals surface area contributed by atoms with Crippen molar-refractivity contribution in [1.29, 1.82) is 0 Å². The molecule has 0 spiro atoms. The van der Waals surface area contributed by atoms with Crippen LogP contribution in [0.4, 0.5) is 0 Å². The molecule has 1 aromatic heterocycles. The van der Waals surface area contributed by atoms with Gasteiger partial charge in [0.2, 0.25) is 0 Å². The van der Waals surface area contributed by atoms with E-state index < -0.39 is 0 Å². The molecule has 150 valence electrons. The molecule has 2 amide bonds. The Balaban J connectivity index is 1.43. The fraction of sp³-hybridized carbons (Fsp3) is 0.273. The zero-order valence-corrected chi connectivity index (χ0v) is 16.4. The number of para-hydroxylation sites is 1. The van der Waals surface area contributed by atoms with Gasteiger partial charge in [-0.2, -0.15) is 0 Å². The maximum Gasteiger partial charge on any atom is 0.289 e. The Morgan fingerprint density at radius 2 is 1.41 bits per heavy atom. The summed E-state index contributed by atoms with van der Waals surface area (Å²) in [6.07, 6.45) is 0. The molecule has 0 unspecified atom stereocenters. The molecule has 1 fully saturated rings. The van der Waals surface area contributed by atoms with Crippen LogP contribution in [0.1, 0.15) is 20.9 Å². The minimum absolute atomic E-state index is 0.113. The number of benzene rings is 2. The number of hydrogen-bond acceptors (Lipinski definition) is 5. The van der Waals surface area contributed by atoms with E-state index in [1.165, 1.54) is 0 Å². The summed E-state index contributed by atoms with van der Waals surface area (Å²) in [4.78, 5) is 29.1. The summed E-state index contributed by atoms with van der Waals surface area (Å²) in [5.74, 6) is 1.18. The average Bonchev–Trinajstić information content (AvgIpc) is 3.22. The molecule has 7 heteroatoms. The van der Waals surface area contributed by atoms with E-state index in [2.05, 4.69) is 0 Å². The first-order valence-electron chi connectivity index (χ1n) is 9.39. The van der Waals surface area contributed by atoms with Gasteiger partial charge in [-0.3, -0.25) is 9.59 Å². The molecule has 4 rings (SSSR count). The quantitative estimate of drug-likeness (QED) is 0.680. The Hall–Kier alpha value is -3.48. The second kappa shape index (κ2) is 7.87. The van der Waals surface area contributed by atoms with Crippen molar-refractivity contribution in [3.63, 3.8) is 0 Å². The molecule has 0 N–H and O–H groups in total. The second-order valence-electron chi connectivity index (χ2n) is 6.83. The number of rotatable bonds is 4. The normalized spacial score (nSPS) is 14.1. The summed E-state index contributed by atoms with van der Waals surface area (Å²) >= 11 is 0. The standard InChI is InChI=1S/C22H22N2O5/c1-27-17-11-16(12-18(14-17)28-2)21(25)23-7-9-24(10-8-23)22(26)20-13-15-5-3-4-6-19(15)29-20/h3-6,11-14H,7-10H2,1-2H3. The van der Waals surface area contributed by atoms with E-state index in [0.29, 0.717) is 54.6 Å². The number of carbonyl (C=O) groups excluding carboxylic acids is 2. The number of amides is 2. The summed E-state index contributed by atoms with van der Waals surface area (Å²) in [6.45, 7) is 1.79.